The average molecular weight is 244 g/mol. The fourth-order valence-electron chi connectivity index (χ4n) is 1.50. The van der Waals surface area contributed by atoms with Crippen molar-refractivity contribution in [2.24, 2.45) is 0 Å². The van der Waals surface area contributed by atoms with E-state index in [1.54, 1.807) is 0 Å². The van der Waals surface area contributed by atoms with Crippen molar-refractivity contribution >= 4 is 16.8 Å². The van der Waals surface area contributed by atoms with Crippen molar-refractivity contribution in [3.8, 4) is 5.75 Å². The van der Waals surface area contributed by atoms with Gasteiger partial charge in [-0.3, -0.25) is 4.79 Å². The van der Waals surface area contributed by atoms with Crippen molar-refractivity contribution in [1.29, 1.82) is 0 Å². The minimum Gasteiger partial charge on any atom is -0.504 e. The van der Waals surface area contributed by atoms with E-state index >= 15 is 0 Å². The number of fused-ring (bicyclic) bond motifs is 1. The minimum absolute atomic E-state index is 0.0863. The molecular formula is C11H7F3O3. The first-order chi connectivity index (χ1) is 7.80. The van der Waals surface area contributed by atoms with Gasteiger partial charge in [0.1, 0.15) is 5.58 Å². The molecule has 17 heavy (non-hydrogen) atoms. The van der Waals surface area contributed by atoms with Gasteiger partial charge in [-0.1, -0.05) is 0 Å². The van der Waals surface area contributed by atoms with E-state index in [4.69, 9.17) is 4.42 Å². The maximum atomic E-state index is 12.4. The second-order valence-corrected chi connectivity index (χ2v) is 3.54. The van der Waals surface area contributed by atoms with Crippen LogP contribution in [-0.4, -0.2) is 10.9 Å². The lowest BCUT2D eigenvalue weighted by Crippen LogP contribution is -2.03. The quantitative estimate of drug-likeness (QED) is 0.782. The fraction of sp³-hybridized carbons (Fsp3) is 0.182. The highest BCUT2D eigenvalue weighted by Crippen LogP contribution is 2.36. The van der Waals surface area contributed by atoms with Gasteiger partial charge in [-0.2, -0.15) is 13.2 Å². The van der Waals surface area contributed by atoms with E-state index in [0.29, 0.717) is 0 Å². The number of aromatic hydroxyl groups is 1. The van der Waals surface area contributed by atoms with E-state index in [1.807, 2.05) is 0 Å². The molecule has 0 atom stereocenters. The molecule has 6 heteroatoms. The van der Waals surface area contributed by atoms with Gasteiger partial charge in [-0.15, -0.1) is 0 Å². The largest absolute Gasteiger partial charge is 0.504 e. The number of benzene rings is 1. The Morgan fingerprint density at radius 1 is 1.35 bits per heavy atom. The predicted molar refractivity (Wildman–Crippen MR) is 52.9 cm³/mol. The zero-order chi connectivity index (χ0) is 12.8. The molecule has 0 saturated carbocycles. The molecule has 0 aliphatic carbocycles. The summed E-state index contributed by atoms with van der Waals surface area (Å²) in [7, 11) is 0. The number of hydrogen-bond donors (Lipinski definition) is 1. The van der Waals surface area contributed by atoms with Gasteiger partial charge in [0.15, 0.2) is 11.5 Å². The number of furan rings is 1. The Balaban J connectivity index is 2.68. The molecule has 0 aliphatic rings. The second-order valence-electron chi connectivity index (χ2n) is 3.54. The average Bonchev–Trinajstić information content (AvgIpc) is 2.54. The Morgan fingerprint density at radius 3 is 2.53 bits per heavy atom. The molecule has 2 aromatic rings. The highest BCUT2D eigenvalue weighted by molar-refractivity contribution is 6.01. The van der Waals surface area contributed by atoms with Crippen LogP contribution in [-0.2, 0) is 6.18 Å². The molecule has 1 heterocycles. The van der Waals surface area contributed by atoms with Crippen LogP contribution in [0.25, 0.3) is 11.0 Å². The summed E-state index contributed by atoms with van der Waals surface area (Å²) in [5.41, 5.74) is -1.06. The number of carbonyl (C=O) groups excluding carboxylic acids is 1. The minimum atomic E-state index is -4.49. The van der Waals surface area contributed by atoms with Crippen LogP contribution in [0.5, 0.6) is 5.75 Å². The third-order valence-electron chi connectivity index (χ3n) is 2.31. The zero-order valence-electron chi connectivity index (χ0n) is 8.63. The van der Waals surface area contributed by atoms with Gasteiger partial charge in [0, 0.05) is 6.92 Å². The highest BCUT2D eigenvalue weighted by atomic mass is 19.4. The van der Waals surface area contributed by atoms with E-state index in [0.717, 1.165) is 25.1 Å². The molecule has 1 aromatic heterocycles. The van der Waals surface area contributed by atoms with Crippen LogP contribution in [0.3, 0.4) is 0 Å². The predicted octanol–water partition coefficient (Wildman–Crippen LogP) is 3.36. The number of carbonyl (C=O) groups is 1. The molecule has 3 nitrogen and oxygen atoms in total. The van der Waals surface area contributed by atoms with Crippen molar-refractivity contribution < 1.29 is 27.5 Å². The smallest absolute Gasteiger partial charge is 0.416 e. The van der Waals surface area contributed by atoms with E-state index in [9.17, 15) is 23.1 Å². The number of ketones is 1. The molecule has 1 N–H and O–H groups in total. The van der Waals surface area contributed by atoms with E-state index in [1.165, 1.54) is 0 Å². The summed E-state index contributed by atoms with van der Waals surface area (Å²) < 4.78 is 42.1. The molecule has 0 aliphatic heterocycles. The summed E-state index contributed by atoms with van der Waals surface area (Å²) in [6.07, 6.45) is -4.49. The van der Waals surface area contributed by atoms with Crippen LogP contribution < -0.4 is 0 Å². The van der Waals surface area contributed by atoms with Crippen LogP contribution in [0.4, 0.5) is 13.2 Å². The molecule has 0 spiro atoms. The van der Waals surface area contributed by atoms with Crippen LogP contribution in [0.2, 0.25) is 0 Å². The first-order valence-electron chi connectivity index (χ1n) is 4.64. The third-order valence-corrected chi connectivity index (χ3v) is 2.31. The summed E-state index contributed by atoms with van der Waals surface area (Å²) in [6.45, 7) is 1.15. The lowest BCUT2D eigenvalue weighted by molar-refractivity contribution is -0.137. The van der Waals surface area contributed by atoms with Gasteiger partial charge in [0.2, 0.25) is 5.76 Å². The lowest BCUT2D eigenvalue weighted by atomic mass is 10.1. The molecule has 0 bridgehead atoms. The highest BCUT2D eigenvalue weighted by Gasteiger charge is 2.31. The summed E-state index contributed by atoms with van der Waals surface area (Å²) in [6, 6.07) is 2.65. The van der Waals surface area contributed by atoms with Crippen molar-refractivity contribution in [2.75, 3.05) is 0 Å². The molecule has 2 rings (SSSR count). The SMILES string of the molecule is CC(=O)c1oc2cc(C(F)(F)F)ccc2c1O. The summed E-state index contributed by atoms with van der Waals surface area (Å²) in [5.74, 6) is -1.31. The number of alkyl halides is 3. The zero-order valence-corrected chi connectivity index (χ0v) is 8.63. The Labute approximate surface area is 93.5 Å². The van der Waals surface area contributed by atoms with Crippen LogP contribution in [0.1, 0.15) is 23.0 Å². The van der Waals surface area contributed by atoms with Gasteiger partial charge in [0.25, 0.3) is 0 Å². The molecule has 0 saturated heterocycles. The second kappa shape index (κ2) is 3.51. The summed E-state index contributed by atoms with van der Waals surface area (Å²) >= 11 is 0. The van der Waals surface area contributed by atoms with Crippen LogP contribution >= 0.6 is 0 Å². The van der Waals surface area contributed by atoms with Gasteiger partial charge >= 0.3 is 6.18 Å². The monoisotopic (exact) mass is 244 g/mol. The number of hydrogen-bond acceptors (Lipinski definition) is 3. The Bertz CT molecular complexity index is 596. The van der Waals surface area contributed by atoms with Crippen molar-refractivity contribution in [3.63, 3.8) is 0 Å². The Morgan fingerprint density at radius 2 is 2.00 bits per heavy atom. The molecule has 0 fully saturated rings. The Kier molecular flexibility index (Phi) is 2.38. The van der Waals surface area contributed by atoms with Crippen molar-refractivity contribution in [3.05, 3.63) is 29.5 Å². The number of rotatable bonds is 1. The van der Waals surface area contributed by atoms with Gasteiger partial charge in [0.05, 0.1) is 10.9 Å². The molecular weight excluding hydrogens is 237 g/mol. The first-order valence-corrected chi connectivity index (χ1v) is 4.64. The third kappa shape index (κ3) is 1.86. The number of halogens is 3. The van der Waals surface area contributed by atoms with Crippen LogP contribution in [0, 0.1) is 0 Å². The molecule has 90 valence electrons. The van der Waals surface area contributed by atoms with Gasteiger partial charge < -0.3 is 9.52 Å². The molecule has 0 amide bonds. The standard InChI is InChI=1S/C11H7F3O3/c1-5(15)10-9(16)7-3-2-6(11(12,13)14)4-8(7)17-10/h2-4,16H,1H3. The normalized spacial score (nSPS) is 12.0. The van der Waals surface area contributed by atoms with Crippen LogP contribution in [0.15, 0.2) is 22.6 Å². The van der Waals surface area contributed by atoms with E-state index in [2.05, 4.69) is 0 Å². The molecule has 0 unspecified atom stereocenters. The lowest BCUT2D eigenvalue weighted by Gasteiger charge is -2.04. The van der Waals surface area contributed by atoms with E-state index < -0.39 is 23.3 Å². The van der Waals surface area contributed by atoms with E-state index in [-0.39, 0.29) is 16.7 Å². The fourth-order valence-corrected chi connectivity index (χ4v) is 1.50. The maximum absolute atomic E-state index is 12.4. The van der Waals surface area contributed by atoms with Gasteiger partial charge in [-0.25, -0.2) is 0 Å². The first kappa shape index (κ1) is 11.5. The Hall–Kier alpha value is -1.98. The van der Waals surface area contributed by atoms with Crippen molar-refractivity contribution in [1.82, 2.24) is 0 Å². The summed E-state index contributed by atoms with van der Waals surface area (Å²) in [5, 5.41) is 9.64. The van der Waals surface area contributed by atoms with Gasteiger partial charge in [-0.05, 0) is 18.2 Å². The molecule has 1 aromatic carbocycles. The molecule has 0 radical (unpaired) electrons. The van der Waals surface area contributed by atoms with Crippen molar-refractivity contribution in [2.45, 2.75) is 13.1 Å². The topological polar surface area (TPSA) is 50.4 Å². The number of Topliss-reactive ketones (excluding diaryl/α,β-unsaturated/α-hetero) is 1. The summed E-state index contributed by atoms with van der Waals surface area (Å²) in [4.78, 5) is 11.0. The maximum Gasteiger partial charge on any atom is 0.416 e.